The first-order valence-corrected chi connectivity index (χ1v) is 6.27. The molecule has 1 aliphatic heterocycles. The van der Waals surface area contributed by atoms with Crippen LogP contribution in [0.2, 0.25) is 0 Å². The van der Waals surface area contributed by atoms with E-state index in [-0.39, 0.29) is 29.6 Å². The Labute approximate surface area is 115 Å². The predicted octanol–water partition coefficient (Wildman–Crippen LogP) is 0.144. The minimum atomic E-state index is -0.639. The van der Waals surface area contributed by atoms with Gasteiger partial charge in [-0.05, 0) is 6.07 Å². The standard InChI is InChI=1S/C12H16N4O4/c17-10-3-1-2-9(16(19)20)12(10)14-11(18)8-15-6-4-13-5-7-15/h1-3,13,17H,4-8H2,(H,14,18). The number of amides is 1. The fraction of sp³-hybridized carbons (Fsp3) is 0.417. The van der Waals surface area contributed by atoms with E-state index in [4.69, 9.17) is 0 Å². The number of phenols is 1. The van der Waals surface area contributed by atoms with Crippen LogP contribution in [0.15, 0.2) is 18.2 Å². The number of hydrogen-bond acceptors (Lipinski definition) is 6. The molecule has 1 fully saturated rings. The third kappa shape index (κ3) is 3.43. The number of carbonyl (C=O) groups is 1. The van der Waals surface area contributed by atoms with Gasteiger partial charge in [0.1, 0.15) is 5.75 Å². The van der Waals surface area contributed by atoms with Crippen LogP contribution in [0.3, 0.4) is 0 Å². The number of anilines is 1. The smallest absolute Gasteiger partial charge is 0.296 e. The largest absolute Gasteiger partial charge is 0.505 e. The van der Waals surface area contributed by atoms with Crippen LogP contribution >= 0.6 is 0 Å². The van der Waals surface area contributed by atoms with Gasteiger partial charge in [0.15, 0.2) is 5.69 Å². The Kier molecular flexibility index (Phi) is 4.49. The summed E-state index contributed by atoms with van der Waals surface area (Å²) >= 11 is 0. The van der Waals surface area contributed by atoms with E-state index in [2.05, 4.69) is 10.6 Å². The van der Waals surface area contributed by atoms with Gasteiger partial charge in [-0.3, -0.25) is 19.8 Å². The molecule has 0 unspecified atom stereocenters. The molecule has 2 rings (SSSR count). The molecule has 8 nitrogen and oxygen atoms in total. The van der Waals surface area contributed by atoms with Gasteiger partial charge >= 0.3 is 0 Å². The third-order valence-electron chi connectivity index (χ3n) is 3.06. The lowest BCUT2D eigenvalue weighted by Crippen LogP contribution is -2.46. The zero-order valence-electron chi connectivity index (χ0n) is 10.8. The highest BCUT2D eigenvalue weighted by atomic mass is 16.6. The Morgan fingerprint density at radius 3 is 2.80 bits per heavy atom. The molecule has 0 aromatic heterocycles. The number of carbonyl (C=O) groups excluding carboxylic acids is 1. The van der Waals surface area contributed by atoms with Crippen molar-refractivity contribution in [3.8, 4) is 5.75 Å². The lowest BCUT2D eigenvalue weighted by Gasteiger charge is -2.26. The van der Waals surface area contributed by atoms with Gasteiger partial charge in [0.25, 0.3) is 5.69 Å². The second-order valence-electron chi connectivity index (χ2n) is 4.50. The number of rotatable bonds is 4. The molecule has 8 heteroatoms. The van der Waals surface area contributed by atoms with Crippen molar-refractivity contribution in [1.29, 1.82) is 0 Å². The van der Waals surface area contributed by atoms with Crippen LogP contribution in [0.1, 0.15) is 0 Å². The molecule has 1 aliphatic rings. The van der Waals surface area contributed by atoms with Crippen molar-refractivity contribution in [3.05, 3.63) is 28.3 Å². The fourth-order valence-electron chi connectivity index (χ4n) is 2.06. The predicted molar refractivity (Wildman–Crippen MR) is 72.7 cm³/mol. The average Bonchev–Trinajstić information content (AvgIpc) is 2.42. The number of nitro benzene ring substituents is 1. The summed E-state index contributed by atoms with van der Waals surface area (Å²) in [5, 5.41) is 26.1. The minimum absolute atomic E-state index is 0.146. The fourth-order valence-corrected chi connectivity index (χ4v) is 2.06. The van der Waals surface area contributed by atoms with Gasteiger partial charge in [0.05, 0.1) is 11.5 Å². The molecular formula is C12H16N4O4. The third-order valence-corrected chi connectivity index (χ3v) is 3.06. The highest BCUT2D eigenvalue weighted by Crippen LogP contribution is 2.32. The van der Waals surface area contributed by atoms with Crippen LogP contribution in [0.5, 0.6) is 5.75 Å². The summed E-state index contributed by atoms with van der Waals surface area (Å²) in [7, 11) is 0. The summed E-state index contributed by atoms with van der Waals surface area (Å²) in [6.45, 7) is 3.26. The summed E-state index contributed by atoms with van der Waals surface area (Å²) in [6.07, 6.45) is 0. The van der Waals surface area contributed by atoms with E-state index in [9.17, 15) is 20.0 Å². The first-order chi connectivity index (χ1) is 9.58. The molecule has 1 amide bonds. The first kappa shape index (κ1) is 14.2. The number of nitrogens with one attached hydrogen (secondary N) is 2. The maximum atomic E-state index is 11.9. The van der Waals surface area contributed by atoms with Crippen molar-refractivity contribution in [1.82, 2.24) is 10.2 Å². The Hall–Kier alpha value is -2.19. The lowest BCUT2D eigenvalue weighted by molar-refractivity contribution is -0.384. The topological polar surface area (TPSA) is 108 Å². The molecule has 1 aromatic carbocycles. The molecule has 0 radical (unpaired) electrons. The van der Waals surface area contributed by atoms with E-state index >= 15 is 0 Å². The van der Waals surface area contributed by atoms with Gasteiger partial charge in [-0.15, -0.1) is 0 Å². The van der Waals surface area contributed by atoms with Crippen LogP contribution in [-0.4, -0.2) is 53.6 Å². The molecule has 108 valence electrons. The van der Waals surface area contributed by atoms with E-state index in [1.54, 1.807) is 0 Å². The van der Waals surface area contributed by atoms with E-state index in [0.29, 0.717) is 0 Å². The molecule has 0 spiro atoms. The van der Waals surface area contributed by atoms with Crippen LogP contribution in [0, 0.1) is 10.1 Å². The molecule has 0 bridgehead atoms. The number of benzene rings is 1. The molecule has 0 saturated carbocycles. The van der Waals surface area contributed by atoms with Crippen molar-refractivity contribution < 1.29 is 14.8 Å². The van der Waals surface area contributed by atoms with E-state index in [1.807, 2.05) is 4.90 Å². The second-order valence-corrected chi connectivity index (χ2v) is 4.50. The monoisotopic (exact) mass is 280 g/mol. The maximum absolute atomic E-state index is 11.9. The molecular weight excluding hydrogens is 264 g/mol. The molecule has 1 saturated heterocycles. The summed E-state index contributed by atoms with van der Waals surface area (Å²) in [4.78, 5) is 24.1. The number of nitro groups is 1. The summed E-state index contributed by atoms with van der Waals surface area (Å²) in [5.41, 5.74) is -0.476. The van der Waals surface area contributed by atoms with Gasteiger partial charge in [-0.2, -0.15) is 0 Å². The zero-order valence-corrected chi connectivity index (χ0v) is 10.8. The Morgan fingerprint density at radius 1 is 1.45 bits per heavy atom. The van der Waals surface area contributed by atoms with Crippen molar-refractivity contribution in [2.75, 3.05) is 38.0 Å². The van der Waals surface area contributed by atoms with Crippen molar-refractivity contribution in [2.24, 2.45) is 0 Å². The number of piperazine rings is 1. The molecule has 0 aliphatic carbocycles. The van der Waals surface area contributed by atoms with Crippen LogP contribution in [-0.2, 0) is 4.79 Å². The Balaban J connectivity index is 2.05. The highest BCUT2D eigenvalue weighted by molar-refractivity contribution is 5.96. The van der Waals surface area contributed by atoms with Gasteiger partial charge in [-0.1, -0.05) is 6.07 Å². The quantitative estimate of drug-likeness (QED) is 0.411. The molecule has 3 N–H and O–H groups in total. The lowest BCUT2D eigenvalue weighted by atomic mass is 10.2. The SMILES string of the molecule is O=C(CN1CCNCC1)Nc1c(O)cccc1[N+](=O)[O-]. The summed E-state index contributed by atoms with van der Waals surface area (Å²) < 4.78 is 0. The molecule has 20 heavy (non-hydrogen) atoms. The van der Waals surface area contributed by atoms with Gasteiger partial charge in [0.2, 0.25) is 5.91 Å². The van der Waals surface area contributed by atoms with Crippen LogP contribution in [0.4, 0.5) is 11.4 Å². The van der Waals surface area contributed by atoms with Crippen molar-refractivity contribution >= 4 is 17.3 Å². The van der Waals surface area contributed by atoms with Crippen molar-refractivity contribution in [3.63, 3.8) is 0 Å². The van der Waals surface area contributed by atoms with Gasteiger partial charge in [-0.25, -0.2) is 0 Å². The second kappa shape index (κ2) is 6.31. The van der Waals surface area contributed by atoms with Gasteiger partial charge in [0, 0.05) is 32.2 Å². The average molecular weight is 280 g/mol. The Bertz CT molecular complexity index is 514. The summed E-state index contributed by atoms with van der Waals surface area (Å²) in [5.74, 6) is -0.690. The summed E-state index contributed by atoms with van der Waals surface area (Å²) in [6, 6.07) is 3.90. The molecule has 1 heterocycles. The minimum Gasteiger partial charge on any atom is -0.505 e. The van der Waals surface area contributed by atoms with Crippen LogP contribution in [0.25, 0.3) is 0 Å². The number of phenolic OH excluding ortho intramolecular Hbond substituents is 1. The van der Waals surface area contributed by atoms with E-state index in [1.165, 1.54) is 18.2 Å². The molecule has 1 aromatic rings. The number of nitrogens with zero attached hydrogens (tertiary/aromatic N) is 2. The Morgan fingerprint density at radius 2 is 2.15 bits per heavy atom. The van der Waals surface area contributed by atoms with Crippen molar-refractivity contribution in [2.45, 2.75) is 0 Å². The van der Waals surface area contributed by atoms with E-state index < -0.39 is 4.92 Å². The maximum Gasteiger partial charge on any atom is 0.296 e. The normalized spacial score (nSPS) is 15.8. The number of para-hydroxylation sites is 1. The highest BCUT2D eigenvalue weighted by Gasteiger charge is 2.21. The van der Waals surface area contributed by atoms with Gasteiger partial charge < -0.3 is 15.7 Å². The van der Waals surface area contributed by atoms with Crippen LogP contribution < -0.4 is 10.6 Å². The number of aromatic hydroxyl groups is 1. The first-order valence-electron chi connectivity index (χ1n) is 6.27. The zero-order chi connectivity index (χ0) is 14.5. The van der Waals surface area contributed by atoms with E-state index in [0.717, 1.165) is 26.2 Å². The number of hydrogen-bond donors (Lipinski definition) is 3. The molecule has 0 atom stereocenters.